The summed E-state index contributed by atoms with van der Waals surface area (Å²) in [7, 11) is 7.21. The van der Waals surface area contributed by atoms with Crippen LogP contribution < -0.4 is 5.32 Å². The highest BCUT2D eigenvalue weighted by atomic mass is 16.1. The Bertz CT molecular complexity index is 260. The van der Waals surface area contributed by atoms with Crippen molar-refractivity contribution < 1.29 is 4.79 Å². The molecule has 0 aliphatic rings. The maximum absolute atomic E-state index is 11.1. The lowest BCUT2D eigenvalue weighted by atomic mass is 9.80. The number of amides is 1. The van der Waals surface area contributed by atoms with Gasteiger partial charge >= 0.3 is 0 Å². The minimum atomic E-state index is -0.559. The zero-order valence-electron chi connectivity index (χ0n) is 6.95. The van der Waals surface area contributed by atoms with Crippen molar-refractivity contribution >= 4 is 13.8 Å². The van der Waals surface area contributed by atoms with E-state index in [0.29, 0.717) is 0 Å². The second-order valence-corrected chi connectivity index (χ2v) is 2.50. The third-order valence-corrected chi connectivity index (χ3v) is 1.69. The second-order valence-electron chi connectivity index (χ2n) is 2.50. The summed E-state index contributed by atoms with van der Waals surface area (Å²) < 4.78 is 0. The summed E-state index contributed by atoms with van der Waals surface area (Å²) in [6, 6.07) is 9.27. The largest absolute Gasteiger partial charge is 0.359 e. The summed E-state index contributed by atoms with van der Waals surface area (Å²) >= 11 is 0. The zero-order chi connectivity index (χ0) is 8.97. The van der Waals surface area contributed by atoms with Gasteiger partial charge in [-0.2, -0.15) is 0 Å². The molecular formula is C9H10BNO. The summed E-state index contributed by atoms with van der Waals surface area (Å²) in [5, 5.41) is 2.50. The van der Waals surface area contributed by atoms with Crippen molar-refractivity contribution in [2.24, 2.45) is 0 Å². The van der Waals surface area contributed by atoms with Gasteiger partial charge in [0.1, 0.15) is 0 Å². The Hall–Kier alpha value is -1.25. The molecule has 2 nitrogen and oxygen atoms in total. The first-order valence-electron chi connectivity index (χ1n) is 3.78. The van der Waals surface area contributed by atoms with Gasteiger partial charge in [-0.25, -0.2) is 0 Å². The number of hydrogen-bond acceptors (Lipinski definition) is 1. The summed E-state index contributed by atoms with van der Waals surface area (Å²) in [6.45, 7) is 0. The van der Waals surface area contributed by atoms with Gasteiger partial charge in [0.2, 0.25) is 5.91 Å². The minimum Gasteiger partial charge on any atom is -0.359 e. The van der Waals surface area contributed by atoms with Crippen LogP contribution in [0.3, 0.4) is 0 Å². The van der Waals surface area contributed by atoms with Gasteiger partial charge in [-0.1, -0.05) is 30.3 Å². The van der Waals surface area contributed by atoms with Crippen LogP contribution in [0.15, 0.2) is 30.3 Å². The predicted octanol–water partition coefficient (Wildman–Crippen LogP) is 0.642. The predicted molar refractivity (Wildman–Crippen MR) is 49.0 cm³/mol. The fourth-order valence-corrected chi connectivity index (χ4v) is 0.967. The van der Waals surface area contributed by atoms with E-state index >= 15 is 0 Å². The molecule has 0 heterocycles. The number of nitrogens with one attached hydrogen (secondary N) is 1. The Morgan fingerprint density at radius 1 is 1.42 bits per heavy atom. The van der Waals surface area contributed by atoms with Gasteiger partial charge in [0, 0.05) is 12.9 Å². The van der Waals surface area contributed by atoms with Gasteiger partial charge in [-0.05, 0) is 5.56 Å². The first-order valence-corrected chi connectivity index (χ1v) is 3.78. The van der Waals surface area contributed by atoms with Gasteiger partial charge in [-0.3, -0.25) is 4.79 Å². The molecule has 0 aromatic heterocycles. The van der Waals surface area contributed by atoms with Gasteiger partial charge < -0.3 is 5.32 Å². The highest BCUT2D eigenvalue weighted by Crippen LogP contribution is 2.10. The summed E-state index contributed by atoms with van der Waals surface area (Å²) in [4.78, 5) is 11.1. The third kappa shape index (κ3) is 1.88. The quantitative estimate of drug-likeness (QED) is 0.630. The fourth-order valence-electron chi connectivity index (χ4n) is 0.967. The van der Waals surface area contributed by atoms with Crippen molar-refractivity contribution in [2.75, 3.05) is 7.05 Å². The molecule has 3 heteroatoms. The van der Waals surface area contributed by atoms with Crippen LogP contribution in [0.25, 0.3) is 0 Å². The molecule has 1 aromatic carbocycles. The standard InChI is InChI=1S/C9H10BNO/c1-11-9(12)8(10)7-5-3-2-4-6-7/h2-6,8H,1H3,(H,11,12). The average molecular weight is 159 g/mol. The van der Waals surface area contributed by atoms with Crippen LogP contribution in [0.2, 0.25) is 0 Å². The van der Waals surface area contributed by atoms with E-state index in [1.807, 2.05) is 30.3 Å². The van der Waals surface area contributed by atoms with Crippen LogP contribution in [-0.4, -0.2) is 20.8 Å². The number of likely N-dealkylation sites (N-methyl/N-ethyl adjacent to an activating group) is 1. The zero-order valence-corrected chi connectivity index (χ0v) is 6.95. The summed E-state index contributed by atoms with van der Waals surface area (Å²) in [6.07, 6.45) is 0. The van der Waals surface area contributed by atoms with Crippen molar-refractivity contribution in [3.63, 3.8) is 0 Å². The van der Waals surface area contributed by atoms with E-state index in [1.165, 1.54) is 0 Å². The molecule has 1 unspecified atom stereocenters. The number of rotatable bonds is 2. The molecular weight excluding hydrogens is 149 g/mol. The molecule has 0 bridgehead atoms. The smallest absolute Gasteiger partial charge is 0.218 e. The van der Waals surface area contributed by atoms with Crippen LogP contribution in [0, 0.1) is 0 Å². The Labute approximate surface area is 73.4 Å². The van der Waals surface area contributed by atoms with Crippen molar-refractivity contribution in [3.8, 4) is 0 Å². The van der Waals surface area contributed by atoms with E-state index in [2.05, 4.69) is 5.32 Å². The lowest BCUT2D eigenvalue weighted by Gasteiger charge is -2.09. The van der Waals surface area contributed by atoms with Crippen molar-refractivity contribution in [1.29, 1.82) is 0 Å². The van der Waals surface area contributed by atoms with Crippen LogP contribution in [0.4, 0.5) is 0 Å². The second kappa shape index (κ2) is 3.95. The monoisotopic (exact) mass is 159 g/mol. The molecule has 1 amide bonds. The van der Waals surface area contributed by atoms with E-state index < -0.39 is 5.82 Å². The average Bonchev–Trinajstić information content (AvgIpc) is 2.17. The minimum absolute atomic E-state index is 0.166. The maximum atomic E-state index is 11.1. The number of benzene rings is 1. The first kappa shape index (κ1) is 8.85. The number of hydrogen-bond donors (Lipinski definition) is 1. The summed E-state index contributed by atoms with van der Waals surface area (Å²) in [5.41, 5.74) is 0.830. The van der Waals surface area contributed by atoms with Crippen LogP contribution in [0.5, 0.6) is 0 Å². The maximum Gasteiger partial charge on any atom is 0.218 e. The molecule has 1 rings (SSSR count). The van der Waals surface area contributed by atoms with Gasteiger partial charge in [0.25, 0.3) is 0 Å². The van der Waals surface area contributed by atoms with E-state index in [4.69, 9.17) is 7.85 Å². The van der Waals surface area contributed by atoms with Crippen molar-refractivity contribution in [1.82, 2.24) is 5.32 Å². The molecule has 1 atom stereocenters. The molecule has 0 saturated carbocycles. The lowest BCUT2D eigenvalue weighted by molar-refractivity contribution is -0.120. The molecule has 0 aliphatic carbocycles. The lowest BCUT2D eigenvalue weighted by Crippen LogP contribution is -2.25. The molecule has 0 fully saturated rings. The Morgan fingerprint density at radius 3 is 2.50 bits per heavy atom. The molecule has 2 radical (unpaired) electrons. The molecule has 1 N–H and O–H groups in total. The highest BCUT2D eigenvalue weighted by Gasteiger charge is 2.11. The molecule has 0 aliphatic heterocycles. The van der Waals surface area contributed by atoms with E-state index in [1.54, 1.807) is 7.05 Å². The van der Waals surface area contributed by atoms with Crippen LogP contribution >= 0.6 is 0 Å². The van der Waals surface area contributed by atoms with Crippen LogP contribution in [-0.2, 0) is 4.79 Å². The SMILES string of the molecule is [B]C(C(=O)NC)c1ccccc1. The van der Waals surface area contributed by atoms with Gasteiger partial charge in [-0.15, -0.1) is 0 Å². The Balaban J connectivity index is 2.78. The van der Waals surface area contributed by atoms with E-state index in [0.717, 1.165) is 5.56 Å². The molecule has 60 valence electrons. The first-order chi connectivity index (χ1) is 5.75. The molecule has 12 heavy (non-hydrogen) atoms. The van der Waals surface area contributed by atoms with E-state index in [-0.39, 0.29) is 5.91 Å². The molecule has 0 saturated heterocycles. The van der Waals surface area contributed by atoms with Crippen LogP contribution in [0.1, 0.15) is 11.4 Å². The van der Waals surface area contributed by atoms with Gasteiger partial charge in [0.05, 0.1) is 7.85 Å². The fraction of sp³-hybridized carbons (Fsp3) is 0.222. The Morgan fingerprint density at radius 2 is 2.00 bits per heavy atom. The van der Waals surface area contributed by atoms with Crippen molar-refractivity contribution in [3.05, 3.63) is 35.9 Å². The molecule has 0 spiro atoms. The van der Waals surface area contributed by atoms with Gasteiger partial charge in [0.15, 0.2) is 0 Å². The number of carbonyl (C=O) groups excluding carboxylic acids is 1. The van der Waals surface area contributed by atoms with Crippen molar-refractivity contribution in [2.45, 2.75) is 5.82 Å². The summed E-state index contributed by atoms with van der Waals surface area (Å²) in [5.74, 6) is -0.725. The normalized spacial score (nSPS) is 12.1. The number of carbonyl (C=O) groups is 1. The van der Waals surface area contributed by atoms with E-state index in [9.17, 15) is 4.79 Å². The third-order valence-electron chi connectivity index (χ3n) is 1.69. The Kier molecular flexibility index (Phi) is 2.91. The topological polar surface area (TPSA) is 29.1 Å². The molecule has 1 aromatic rings. The highest BCUT2D eigenvalue weighted by molar-refractivity contribution is 6.24.